The van der Waals surface area contributed by atoms with Gasteiger partial charge in [-0.3, -0.25) is 19.7 Å². The van der Waals surface area contributed by atoms with Gasteiger partial charge in [-0.25, -0.2) is 0 Å². The number of allylic oxidation sites excluding steroid dienone is 1. The zero-order valence-corrected chi connectivity index (χ0v) is 20.3. The van der Waals surface area contributed by atoms with Crippen molar-refractivity contribution in [1.82, 2.24) is 14.9 Å². The SMILES string of the molecule is O=C(c1ccc(CC2CC=Cc3ccc(C4CCN(Cc5cccnc5)CC4)nc32)cc1)C1CC1. The highest BCUT2D eigenvalue weighted by Crippen LogP contribution is 2.35. The third kappa shape index (κ3) is 5.13. The summed E-state index contributed by atoms with van der Waals surface area (Å²) in [7, 11) is 0. The number of pyridine rings is 2. The first-order valence-corrected chi connectivity index (χ1v) is 13.1. The molecule has 4 heteroatoms. The van der Waals surface area contributed by atoms with Crippen molar-refractivity contribution in [2.24, 2.45) is 5.92 Å². The predicted molar refractivity (Wildman–Crippen MR) is 139 cm³/mol. The molecule has 0 amide bonds. The van der Waals surface area contributed by atoms with Gasteiger partial charge in [0.25, 0.3) is 0 Å². The Balaban J connectivity index is 1.12. The highest BCUT2D eigenvalue weighted by atomic mass is 16.1. The van der Waals surface area contributed by atoms with Crippen molar-refractivity contribution >= 4 is 11.9 Å². The average molecular weight is 464 g/mol. The van der Waals surface area contributed by atoms with Gasteiger partial charge in [-0.2, -0.15) is 0 Å². The van der Waals surface area contributed by atoms with Crippen LogP contribution in [0.5, 0.6) is 0 Å². The van der Waals surface area contributed by atoms with Gasteiger partial charge >= 0.3 is 0 Å². The van der Waals surface area contributed by atoms with Crippen LogP contribution in [-0.2, 0) is 13.0 Å². The minimum Gasteiger partial charge on any atom is -0.299 e. The van der Waals surface area contributed by atoms with Crippen LogP contribution in [0.3, 0.4) is 0 Å². The number of fused-ring (bicyclic) bond motifs is 1. The molecule has 2 fully saturated rings. The summed E-state index contributed by atoms with van der Waals surface area (Å²) >= 11 is 0. The van der Waals surface area contributed by atoms with Crippen molar-refractivity contribution in [3.63, 3.8) is 0 Å². The number of rotatable bonds is 7. The maximum absolute atomic E-state index is 12.3. The highest BCUT2D eigenvalue weighted by Gasteiger charge is 2.30. The molecule has 1 aromatic carbocycles. The molecule has 0 N–H and O–H groups in total. The van der Waals surface area contributed by atoms with E-state index >= 15 is 0 Å². The maximum atomic E-state index is 12.3. The lowest BCUT2D eigenvalue weighted by Gasteiger charge is -2.32. The molecule has 3 heterocycles. The van der Waals surface area contributed by atoms with Gasteiger partial charge in [-0.15, -0.1) is 0 Å². The van der Waals surface area contributed by atoms with Crippen molar-refractivity contribution in [3.8, 4) is 0 Å². The second-order valence-electron chi connectivity index (χ2n) is 10.5. The van der Waals surface area contributed by atoms with E-state index in [9.17, 15) is 4.79 Å². The van der Waals surface area contributed by atoms with Crippen LogP contribution in [0.1, 0.15) is 82.4 Å². The van der Waals surface area contributed by atoms with E-state index in [1.54, 1.807) is 0 Å². The lowest BCUT2D eigenvalue weighted by molar-refractivity contribution is 0.0967. The van der Waals surface area contributed by atoms with E-state index in [0.29, 0.717) is 17.6 Å². The number of nitrogens with zero attached hydrogens (tertiary/aromatic N) is 3. The quantitative estimate of drug-likeness (QED) is 0.392. The highest BCUT2D eigenvalue weighted by molar-refractivity contribution is 5.99. The van der Waals surface area contributed by atoms with Gasteiger partial charge < -0.3 is 0 Å². The van der Waals surface area contributed by atoms with E-state index < -0.39 is 0 Å². The standard InChI is InChI=1S/C31H33N3O/c35-31(27-10-11-27)26-8-6-22(7-9-26)19-28-5-1-4-25-12-13-29(33-30(25)28)24-14-17-34(18-15-24)21-23-3-2-16-32-20-23/h1-4,6-9,12-13,16,20,24,27-28H,5,10-11,14-15,17-19,21H2. The molecule has 2 aliphatic carbocycles. The van der Waals surface area contributed by atoms with Crippen LogP contribution in [0.15, 0.2) is 67.0 Å². The van der Waals surface area contributed by atoms with Crippen LogP contribution in [-0.4, -0.2) is 33.7 Å². The average Bonchev–Trinajstić information content (AvgIpc) is 3.76. The van der Waals surface area contributed by atoms with Gasteiger partial charge in [0.1, 0.15) is 0 Å². The number of likely N-dealkylation sites (tertiary alicyclic amines) is 1. The molecule has 0 radical (unpaired) electrons. The largest absolute Gasteiger partial charge is 0.299 e. The smallest absolute Gasteiger partial charge is 0.165 e. The van der Waals surface area contributed by atoms with Crippen LogP contribution in [0, 0.1) is 5.92 Å². The first kappa shape index (κ1) is 22.4. The van der Waals surface area contributed by atoms with Crippen molar-refractivity contribution < 1.29 is 4.79 Å². The number of Topliss-reactive ketones (excluding diaryl/α,β-unsaturated/α-hetero) is 1. The minimum atomic E-state index is 0.279. The molecule has 1 unspecified atom stereocenters. The molecule has 35 heavy (non-hydrogen) atoms. The van der Waals surface area contributed by atoms with Gasteiger partial charge in [0.15, 0.2) is 5.78 Å². The van der Waals surface area contributed by atoms with Gasteiger partial charge in [0.05, 0.1) is 5.69 Å². The molecule has 4 nitrogen and oxygen atoms in total. The Morgan fingerprint density at radius 2 is 1.77 bits per heavy atom. The summed E-state index contributed by atoms with van der Waals surface area (Å²) in [6, 6.07) is 17.1. The first-order chi connectivity index (χ1) is 17.2. The third-order valence-corrected chi connectivity index (χ3v) is 7.89. The fourth-order valence-electron chi connectivity index (χ4n) is 5.66. The molecule has 178 valence electrons. The van der Waals surface area contributed by atoms with E-state index in [1.165, 1.54) is 28.1 Å². The second kappa shape index (κ2) is 9.87. The predicted octanol–water partition coefficient (Wildman–Crippen LogP) is 6.19. The summed E-state index contributed by atoms with van der Waals surface area (Å²) < 4.78 is 0. The molecular formula is C31H33N3O. The van der Waals surface area contributed by atoms with E-state index in [4.69, 9.17) is 4.98 Å². The lowest BCUT2D eigenvalue weighted by atomic mass is 9.85. The summed E-state index contributed by atoms with van der Waals surface area (Å²) in [5.74, 6) is 1.52. The van der Waals surface area contributed by atoms with Crippen LogP contribution >= 0.6 is 0 Å². The molecule has 1 atom stereocenters. The molecule has 3 aromatic rings. The molecule has 1 aliphatic heterocycles. The van der Waals surface area contributed by atoms with Crippen molar-refractivity contribution in [2.75, 3.05) is 13.1 Å². The molecule has 6 rings (SSSR count). The molecule has 1 saturated heterocycles. The Morgan fingerprint density at radius 3 is 2.51 bits per heavy atom. The molecule has 0 spiro atoms. The second-order valence-corrected chi connectivity index (χ2v) is 10.5. The van der Waals surface area contributed by atoms with E-state index in [1.807, 2.05) is 30.6 Å². The van der Waals surface area contributed by atoms with Crippen LogP contribution in [0.2, 0.25) is 0 Å². The number of ketones is 1. The summed E-state index contributed by atoms with van der Waals surface area (Å²) in [5.41, 5.74) is 7.23. The topological polar surface area (TPSA) is 46.1 Å². The van der Waals surface area contributed by atoms with Crippen LogP contribution in [0.25, 0.3) is 6.08 Å². The Morgan fingerprint density at radius 1 is 0.943 bits per heavy atom. The molecule has 3 aliphatic rings. The van der Waals surface area contributed by atoms with Crippen molar-refractivity contribution in [1.29, 1.82) is 0 Å². The van der Waals surface area contributed by atoms with Crippen LogP contribution in [0.4, 0.5) is 0 Å². The monoisotopic (exact) mass is 463 g/mol. The minimum absolute atomic E-state index is 0.279. The Labute approximate surface area is 208 Å². The van der Waals surface area contributed by atoms with Crippen molar-refractivity contribution in [2.45, 2.75) is 56.9 Å². The first-order valence-electron chi connectivity index (χ1n) is 13.1. The number of aromatic nitrogens is 2. The fraction of sp³-hybridized carbons (Fsp3) is 0.387. The summed E-state index contributed by atoms with van der Waals surface area (Å²) in [4.78, 5) is 24.4. The Bertz CT molecular complexity index is 1210. The molecule has 1 saturated carbocycles. The van der Waals surface area contributed by atoms with Gasteiger partial charge in [0.2, 0.25) is 0 Å². The van der Waals surface area contributed by atoms with E-state index in [-0.39, 0.29) is 5.92 Å². The number of piperidine rings is 1. The molecule has 0 bridgehead atoms. The van der Waals surface area contributed by atoms with Gasteiger partial charge in [0, 0.05) is 47.9 Å². The fourth-order valence-corrected chi connectivity index (χ4v) is 5.66. The molecular weight excluding hydrogens is 430 g/mol. The number of carbonyl (C=O) groups is 1. The van der Waals surface area contributed by atoms with Crippen molar-refractivity contribution in [3.05, 3.63) is 101 Å². The summed E-state index contributed by atoms with van der Waals surface area (Å²) in [6.45, 7) is 3.19. The summed E-state index contributed by atoms with van der Waals surface area (Å²) in [6.07, 6.45) is 14.8. The van der Waals surface area contributed by atoms with Crippen LogP contribution < -0.4 is 0 Å². The van der Waals surface area contributed by atoms with E-state index in [0.717, 1.165) is 63.7 Å². The third-order valence-electron chi connectivity index (χ3n) is 7.89. The number of carbonyl (C=O) groups excluding carboxylic acids is 1. The number of hydrogen-bond donors (Lipinski definition) is 0. The lowest BCUT2D eigenvalue weighted by Crippen LogP contribution is -2.32. The zero-order chi connectivity index (χ0) is 23.6. The maximum Gasteiger partial charge on any atom is 0.165 e. The number of hydrogen-bond acceptors (Lipinski definition) is 4. The van der Waals surface area contributed by atoms with Gasteiger partial charge in [-0.05, 0) is 80.4 Å². The van der Waals surface area contributed by atoms with E-state index in [2.05, 4.69) is 52.4 Å². The normalized spacial score (nSPS) is 20.5. The Hall–Kier alpha value is -3.11. The molecule has 2 aromatic heterocycles. The zero-order valence-electron chi connectivity index (χ0n) is 20.3. The van der Waals surface area contributed by atoms with Gasteiger partial charge in [-0.1, -0.05) is 48.6 Å². The Kier molecular flexibility index (Phi) is 6.30. The number of benzene rings is 1. The summed E-state index contributed by atoms with van der Waals surface area (Å²) in [5, 5.41) is 0.